The molecule has 0 radical (unpaired) electrons. The summed E-state index contributed by atoms with van der Waals surface area (Å²) < 4.78 is 6.07. The lowest BCUT2D eigenvalue weighted by atomic mass is 9.97. The molecular formula is C22H35N3O3S. The van der Waals surface area contributed by atoms with Gasteiger partial charge in [-0.2, -0.15) is 0 Å². The van der Waals surface area contributed by atoms with E-state index in [4.69, 9.17) is 4.74 Å². The number of amides is 2. The van der Waals surface area contributed by atoms with Crippen LogP contribution in [0.1, 0.15) is 92.0 Å². The molecule has 1 aromatic heterocycles. The molecule has 1 aromatic rings. The number of thiazole rings is 1. The number of aryl methyl sites for hydroxylation is 2. The van der Waals surface area contributed by atoms with E-state index in [1.54, 1.807) is 0 Å². The van der Waals surface area contributed by atoms with Crippen LogP contribution in [0.15, 0.2) is 0 Å². The van der Waals surface area contributed by atoms with E-state index in [0.29, 0.717) is 17.8 Å². The van der Waals surface area contributed by atoms with Gasteiger partial charge in [-0.3, -0.25) is 9.59 Å². The highest BCUT2D eigenvalue weighted by molar-refractivity contribution is 7.13. The SMILES string of the molecule is CCCc1nc(C)c(C(=O)NC2(CNC(=O)C(CC)OC3CCCCC3)CC2)s1. The number of hydrogen-bond acceptors (Lipinski definition) is 5. The molecule has 0 aliphatic heterocycles. The van der Waals surface area contributed by atoms with Crippen molar-refractivity contribution < 1.29 is 14.3 Å². The second-order valence-electron chi connectivity index (χ2n) is 8.52. The van der Waals surface area contributed by atoms with Crippen LogP contribution in [0.4, 0.5) is 0 Å². The van der Waals surface area contributed by atoms with Gasteiger partial charge >= 0.3 is 0 Å². The fraction of sp³-hybridized carbons (Fsp3) is 0.773. The molecular weight excluding hydrogens is 386 g/mol. The van der Waals surface area contributed by atoms with Crippen molar-refractivity contribution in [2.75, 3.05) is 6.54 Å². The smallest absolute Gasteiger partial charge is 0.263 e. The number of carbonyl (C=O) groups is 2. The van der Waals surface area contributed by atoms with Crippen LogP contribution in [0.5, 0.6) is 0 Å². The van der Waals surface area contributed by atoms with Crippen molar-refractivity contribution in [2.45, 2.75) is 103 Å². The zero-order valence-corrected chi connectivity index (χ0v) is 18.8. The zero-order valence-electron chi connectivity index (χ0n) is 18.0. The summed E-state index contributed by atoms with van der Waals surface area (Å²) >= 11 is 1.48. The van der Waals surface area contributed by atoms with E-state index in [9.17, 15) is 9.59 Å². The van der Waals surface area contributed by atoms with Gasteiger partial charge in [-0.1, -0.05) is 33.1 Å². The number of hydrogen-bond donors (Lipinski definition) is 2. The fourth-order valence-electron chi connectivity index (χ4n) is 3.93. The predicted molar refractivity (Wildman–Crippen MR) is 115 cm³/mol. The van der Waals surface area contributed by atoms with Crippen molar-refractivity contribution in [2.24, 2.45) is 0 Å². The highest BCUT2D eigenvalue weighted by atomic mass is 32.1. The Labute approximate surface area is 178 Å². The van der Waals surface area contributed by atoms with Crippen LogP contribution in [0, 0.1) is 6.92 Å². The van der Waals surface area contributed by atoms with Gasteiger partial charge in [0, 0.05) is 6.54 Å². The Morgan fingerprint density at radius 3 is 2.59 bits per heavy atom. The van der Waals surface area contributed by atoms with Gasteiger partial charge in [0.05, 0.1) is 22.3 Å². The number of carbonyl (C=O) groups excluding carboxylic acids is 2. The summed E-state index contributed by atoms with van der Waals surface area (Å²) in [5, 5.41) is 7.19. The summed E-state index contributed by atoms with van der Waals surface area (Å²) in [6.45, 7) is 6.45. The van der Waals surface area contributed by atoms with Gasteiger partial charge < -0.3 is 15.4 Å². The summed E-state index contributed by atoms with van der Waals surface area (Å²) in [7, 11) is 0. The van der Waals surface area contributed by atoms with E-state index < -0.39 is 6.10 Å². The summed E-state index contributed by atoms with van der Waals surface area (Å²) in [5.74, 6) is -0.127. The number of rotatable bonds is 10. The third-order valence-electron chi connectivity index (χ3n) is 5.92. The topological polar surface area (TPSA) is 80.3 Å². The molecule has 0 saturated heterocycles. The van der Waals surface area contributed by atoms with Crippen molar-refractivity contribution in [1.82, 2.24) is 15.6 Å². The molecule has 7 heteroatoms. The maximum Gasteiger partial charge on any atom is 0.263 e. The van der Waals surface area contributed by atoms with Crippen LogP contribution in [0.3, 0.4) is 0 Å². The maximum atomic E-state index is 12.8. The number of nitrogens with zero attached hydrogens (tertiary/aromatic N) is 1. The van der Waals surface area contributed by atoms with Crippen LogP contribution < -0.4 is 10.6 Å². The van der Waals surface area contributed by atoms with Gasteiger partial charge in [0.25, 0.3) is 5.91 Å². The van der Waals surface area contributed by atoms with Crippen LogP contribution in [0.25, 0.3) is 0 Å². The molecule has 2 saturated carbocycles. The molecule has 2 amide bonds. The van der Waals surface area contributed by atoms with Crippen molar-refractivity contribution in [1.29, 1.82) is 0 Å². The number of aromatic nitrogens is 1. The Kier molecular flexibility index (Phi) is 7.68. The summed E-state index contributed by atoms with van der Waals surface area (Å²) in [4.78, 5) is 30.6. The van der Waals surface area contributed by atoms with Crippen LogP contribution in [0.2, 0.25) is 0 Å². The van der Waals surface area contributed by atoms with Gasteiger partial charge in [-0.25, -0.2) is 4.98 Å². The molecule has 1 unspecified atom stereocenters. The van der Waals surface area contributed by atoms with Crippen LogP contribution in [-0.4, -0.2) is 41.1 Å². The quantitative estimate of drug-likeness (QED) is 0.600. The molecule has 6 nitrogen and oxygen atoms in total. The van der Waals surface area contributed by atoms with Crippen LogP contribution >= 0.6 is 11.3 Å². The van der Waals surface area contributed by atoms with Gasteiger partial charge in [0.15, 0.2) is 0 Å². The minimum Gasteiger partial charge on any atom is -0.365 e. The molecule has 2 aliphatic carbocycles. The predicted octanol–water partition coefficient (Wildman–Crippen LogP) is 3.91. The van der Waals surface area contributed by atoms with E-state index in [1.165, 1.54) is 30.6 Å². The number of ether oxygens (including phenoxy) is 1. The molecule has 1 heterocycles. The second-order valence-corrected chi connectivity index (χ2v) is 9.60. The molecule has 0 aromatic carbocycles. The van der Waals surface area contributed by atoms with Gasteiger partial charge in [0.2, 0.25) is 5.91 Å². The molecule has 3 rings (SSSR count). The lowest BCUT2D eigenvalue weighted by molar-refractivity contribution is -0.138. The van der Waals surface area contributed by atoms with Crippen LogP contribution in [-0.2, 0) is 16.0 Å². The van der Waals surface area contributed by atoms with E-state index in [2.05, 4.69) is 22.5 Å². The molecule has 2 fully saturated rings. The molecule has 1 atom stereocenters. The van der Waals surface area contributed by atoms with Crippen molar-refractivity contribution in [3.8, 4) is 0 Å². The first-order chi connectivity index (χ1) is 14.0. The van der Waals surface area contributed by atoms with Gasteiger partial charge in [0.1, 0.15) is 11.0 Å². The average molecular weight is 422 g/mol. The van der Waals surface area contributed by atoms with Gasteiger partial charge in [-0.05, 0) is 51.9 Å². The highest BCUT2D eigenvalue weighted by Gasteiger charge is 2.45. The first-order valence-corrected chi connectivity index (χ1v) is 12.0. The minimum atomic E-state index is -0.398. The Balaban J connectivity index is 1.50. The Morgan fingerprint density at radius 2 is 1.97 bits per heavy atom. The summed E-state index contributed by atoms with van der Waals surface area (Å²) in [6, 6.07) is 0. The van der Waals surface area contributed by atoms with E-state index in [-0.39, 0.29) is 23.5 Å². The lowest BCUT2D eigenvalue weighted by Gasteiger charge is -2.27. The minimum absolute atomic E-state index is 0.0576. The monoisotopic (exact) mass is 421 g/mol. The molecule has 0 spiro atoms. The highest BCUT2D eigenvalue weighted by Crippen LogP contribution is 2.35. The third-order valence-corrected chi connectivity index (χ3v) is 7.13. The van der Waals surface area contributed by atoms with E-state index >= 15 is 0 Å². The molecule has 0 bridgehead atoms. The summed E-state index contributed by atoms with van der Waals surface area (Å²) in [6.07, 6.45) is 9.93. The van der Waals surface area contributed by atoms with E-state index in [1.807, 2.05) is 13.8 Å². The van der Waals surface area contributed by atoms with Crippen molar-refractivity contribution in [3.05, 3.63) is 15.6 Å². The average Bonchev–Trinajstić information content (AvgIpc) is 3.38. The lowest BCUT2D eigenvalue weighted by Crippen LogP contribution is -2.48. The Hall–Kier alpha value is -1.47. The standard InChI is InChI=1S/C22H35N3O3S/c1-4-9-18-24-15(3)19(29-18)21(27)25-22(12-13-22)14-23-20(26)17(5-2)28-16-10-7-6-8-11-16/h16-17H,4-14H2,1-3H3,(H,23,26)(H,25,27). The van der Waals surface area contributed by atoms with E-state index in [0.717, 1.165) is 49.2 Å². The first-order valence-electron chi connectivity index (χ1n) is 11.2. The van der Waals surface area contributed by atoms with Gasteiger partial charge in [-0.15, -0.1) is 11.3 Å². The largest absolute Gasteiger partial charge is 0.365 e. The fourth-order valence-corrected chi connectivity index (χ4v) is 4.99. The maximum absolute atomic E-state index is 12.8. The zero-order chi connectivity index (χ0) is 20.9. The molecule has 29 heavy (non-hydrogen) atoms. The molecule has 2 aliphatic rings. The molecule has 162 valence electrons. The molecule has 2 N–H and O–H groups in total. The second kappa shape index (κ2) is 10.0. The van der Waals surface area contributed by atoms with Crippen molar-refractivity contribution >= 4 is 23.2 Å². The van der Waals surface area contributed by atoms with Crippen molar-refractivity contribution in [3.63, 3.8) is 0 Å². The normalized spacial score (nSPS) is 19.6. The third kappa shape index (κ3) is 6.01. The first kappa shape index (κ1) is 22.2. The Bertz CT molecular complexity index is 708. The summed E-state index contributed by atoms with van der Waals surface area (Å²) in [5.41, 5.74) is 0.472. The Morgan fingerprint density at radius 1 is 1.24 bits per heavy atom. The number of nitrogens with one attached hydrogen (secondary N) is 2.